The molecule has 1 N–H and O–H groups in total. The van der Waals surface area contributed by atoms with Crippen molar-refractivity contribution in [2.24, 2.45) is 0 Å². The summed E-state index contributed by atoms with van der Waals surface area (Å²) in [5.74, 6) is 0.486. The van der Waals surface area contributed by atoms with E-state index in [1.165, 1.54) is 5.56 Å². The highest BCUT2D eigenvalue weighted by Gasteiger charge is 2.05. The lowest BCUT2D eigenvalue weighted by Gasteiger charge is -2.15. The normalized spacial score (nSPS) is 12.5. The van der Waals surface area contributed by atoms with E-state index in [0.717, 1.165) is 12.1 Å². The van der Waals surface area contributed by atoms with Crippen LogP contribution in [0.3, 0.4) is 0 Å². The van der Waals surface area contributed by atoms with Gasteiger partial charge in [0.05, 0.1) is 11.6 Å². The van der Waals surface area contributed by atoms with Crippen molar-refractivity contribution in [2.45, 2.75) is 32.7 Å². The molecule has 1 rings (SSSR count). The predicted molar refractivity (Wildman–Crippen MR) is 62.7 cm³/mol. The summed E-state index contributed by atoms with van der Waals surface area (Å²) >= 11 is 0. The summed E-state index contributed by atoms with van der Waals surface area (Å²) in [5.41, 5.74) is 2.00. The zero-order valence-electron chi connectivity index (χ0n) is 9.62. The van der Waals surface area contributed by atoms with Crippen molar-refractivity contribution in [2.75, 3.05) is 6.54 Å². The molecule has 2 nitrogen and oxygen atoms in total. The first-order valence-electron chi connectivity index (χ1n) is 5.37. The van der Waals surface area contributed by atoms with E-state index < -0.39 is 0 Å². The number of nitrogens with zero attached hydrogens (tertiary/aromatic N) is 1. The van der Waals surface area contributed by atoms with Gasteiger partial charge in [-0.2, -0.15) is 5.26 Å². The first-order chi connectivity index (χ1) is 7.13. The van der Waals surface area contributed by atoms with Gasteiger partial charge < -0.3 is 5.32 Å². The van der Waals surface area contributed by atoms with Gasteiger partial charge in [0, 0.05) is 12.6 Å². The van der Waals surface area contributed by atoms with Gasteiger partial charge >= 0.3 is 0 Å². The molecule has 1 unspecified atom stereocenters. The van der Waals surface area contributed by atoms with E-state index >= 15 is 0 Å². The Hall–Kier alpha value is -1.33. The standard InChI is InChI=1S/C13H18N2/c1-10(2)15-9-11(3)13-6-4-12(8-14)5-7-13/h4-7,10-11,15H,9H2,1-3H3. The van der Waals surface area contributed by atoms with E-state index in [9.17, 15) is 0 Å². The topological polar surface area (TPSA) is 35.8 Å². The van der Waals surface area contributed by atoms with E-state index in [1.54, 1.807) is 0 Å². The monoisotopic (exact) mass is 202 g/mol. The molecule has 2 heteroatoms. The summed E-state index contributed by atoms with van der Waals surface area (Å²) in [6.45, 7) is 7.46. The number of benzene rings is 1. The maximum atomic E-state index is 8.68. The molecular weight excluding hydrogens is 184 g/mol. The van der Waals surface area contributed by atoms with Gasteiger partial charge in [0.1, 0.15) is 0 Å². The van der Waals surface area contributed by atoms with Gasteiger partial charge in [-0.3, -0.25) is 0 Å². The van der Waals surface area contributed by atoms with Crippen molar-refractivity contribution < 1.29 is 0 Å². The van der Waals surface area contributed by atoms with Crippen molar-refractivity contribution in [3.05, 3.63) is 35.4 Å². The number of nitriles is 1. The summed E-state index contributed by atoms with van der Waals surface area (Å²) in [6, 6.07) is 10.5. The summed E-state index contributed by atoms with van der Waals surface area (Å²) < 4.78 is 0. The van der Waals surface area contributed by atoms with Gasteiger partial charge in [-0.25, -0.2) is 0 Å². The molecule has 0 heterocycles. The Balaban J connectivity index is 2.58. The minimum Gasteiger partial charge on any atom is -0.314 e. The second-order valence-electron chi connectivity index (χ2n) is 4.20. The molecule has 1 aromatic rings. The molecule has 80 valence electrons. The summed E-state index contributed by atoms with van der Waals surface area (Å²) in [5, 5.41) is 12.1. The Morgan fingerprint density at radius 2 is 1.80 bits per heavy atom. The fourth-order valence-electron chi connectivity index (χ4n) is 1.42. The second kappa shape index (κ2) is 5.53. The molecule has 1 atom stereocenters. The number of hydrogen-bond donors (Lipinski definition) is 1. The Bertz CT molecular complexity index is 333. The Morgan fingerprint density at radius 1 is 1.20 bits per heavy atom. The van der Waals surface area contributed by atoms with E-state index in [2.05, 4.69) is 32.2 Å². The Morgan fingerprint density at radius 3 is 2.27 bits per heavy atom. The Kier molecular flexibility index (Phi) is 4.33. The smallest absolute Gasteiger partial charge is 0.0991 e. The highest BCUT2D eigenvalue weighted by atomic mass is 14.9. The number of rotatable bonds is 4. The van der Waals surface area contributed by atoms with Crippen LogP contribution in [0.2, 0.25) is 0 Å². The molecule has 0 fully saturated rings. The lowest BCUT2D eigenvalue weighted by atomic mass is 10.00. The molecule has 0 saturated heterocycles. The maximum absolute atomic E-state index is 8.68. The Labute approximate surface area is 91.9 Å². The molecule has 15 heavy (non-hydrogen) atoms. The van der Waals surface area contributed by atoms with Crippen molar-refractivity contribution in [3.8, 4) is 6.07 Å². The molecule has 0 saturated carbocycles. The van der Waals surface area contributed by atoms with Crippen LogP contribution in [-0.2, 0) is 0 Å². The zero-order valence-corrected chi connectivity index (χ0v) is 9.62. The number of nitrogens with one attached hydrogen (secondary N) is 1. The van der Waals surface area contributed by atoms with Crippen molar-refractivity contribution >= 4 is 0 Å². The largest absolute Gasteiger partial charge is 0.314 e. The van der Waals surface area contributed by atoms with Gasteiger partial charge in [0.15, 0.2) is 0 Å². The van der Waals surface area contributed by atoms with E-state index in [0.29, 0.717) is 12.0 Å². The molecule has 0 bridgehead atoms. The van der Waals surface area contributed by atoms with Crippen molar-refractivity contribution in [1.82, 2.24) is 5.32 Å². The fraction of sp³-hybridized carbons (Fsp3) is 0.462. The third-order valence-corrected chi connectivity index (χ3v) is 2.44. The molecule has 0 aliphatic carbocycles. The molecule has 0 aliphatic rings. The van der Waals surface area contributed by atoms with Gasteiger partial charge in [-0.1, -0.05) is 32.9 Å². The minimum atomic E-state index is 0.486. The van der Waals surface area contributed by atoms with Crippen LogP contribution in [0, 0.1) is 11.3 Å². The maximum Gasteiger partial charge on any atom is 0.0991 e. The van der Waals surface area contributed by atoms with Crippen molar-refractivity contribution in [3.63, 3.8) is 0 Å². The lowest BCUT2D eigenvalue weighted by molar-refractivity contribution is 0.548. The van der Waals surface area contributed by atoms with Crippen LogP contribution in [-0.4, -0.2) is 12.6 Å². The van der Waals surface area contributed by atoms with Crippen LogP contribution in [0.1, 0.15) is 37.8 Å². The highest BCUT2D eigenvalue weighted by Crippen LogP contribution is 2.14. The molecule has 1 aromatic carbocycles. The van der Waals surface area contributed by atoms with Crippen LogP contribution in [0.5, 0.6) is 0 Å². The predicted octanol–water partition coefficient (Wildman–Crippen LogP) is 2.66. The highest BCUT2D eigenvalue weighted by molar-refractivity contribution is 5.32. The fourth-order valence-corrected chi connectivity index (χ4v) is 1.42. The van der Waals surface area contributed by atoms with E-state index in [-0.39, 0.29) is 0 Å². The summed E-state index contributed by atoms with van der Waals surface area (Å²) in [7, 11) is 0. The lowest BCUT2D eigenvalue weighted by Crippen LogP contribution is -2.26. The van der Waals surface area contributed by atoms with Crippen LogP contribution < -0.4 is 5.32 Å². The van der Waals surface area contributed by atoms with E-state index in [1.807, 2.05) is 24.3 Å². The molecular formula is C13H18N2. The quantitative estimate of drug-likeness (QED) is 0.814. The SMILES string of the molecule is CC(C)NCC(C)c1ccc(C#N)cc1. The van der Waals surface area contributed by atoms with Gasteiger partial charge in [-0.05, 0) is 23.6 Å². The van der Waals surface area contributed by atoms with Gasteiger partial charge in [0.25, 0.3) is 0 Å². The summed E-state index contributed by atoms with van der Waals surface area (Å²) in [6.07, 6.45) is 0. The average molecular weight is 202 g/mol. The molecule has 0 aromatic heterocycles. The molecule has 0 amide bonds. The van der Waals surface area contributed by atoms with E-state index in [4.69, 9.17) is 5.26 Å². The van der Waals surface area contributed by atoms with Crippen molar-refractivity contribution in [1.29, 1.82) is 5.26 Å². The van der Waals surface area contributed by atoms with Crippen LogP contribution in [0.15, 0.2) is 24.3 Å². The first-order valence-corrected chi connectivity index (χ1v) is 5.37. The third kappa shape index (κ3) is 3.73. The minimum absolute atomic E-state index is 0.486. The first kappa shape index (κ1) is 11.7. The van der Waals surface area contributed by atoms with Crippen LogP contribution >= 0.6 is 0 Å². The number of hydrogen-bond acceptors (Lipinski definition) is 2. The molecule has 0 spiro atoms. The van der Waals surface area contributed by atoms with Crippen LogP contribution in [0.4, 0.5) is 0 Å². The van der Waals surface area contributed by atoms with Gasteiger partial charge in [0.2, 0.25) is 0 Å². The summed E-state index contributed by atoms with van der Waals surface area (Å²) in [4.78, 5) is 0. The van der Waals surface area contributed by atoms with Gasteiger partial charge in [-0.15, -0.1) is 0 Å². The average Bonchev–Trinajstić information content (AvgIpc) is 2.26. The third-order valence-electron chi connectivity index (χ3n) is 2.44. The molecule has 0 aliphatic heterocycles. The van der Waals surface area contributed by atoms with Crippen LogP contribution in [0.25, 0.3) is 0 Å². The zero-order chi connectivity index (χ0) is 11.3. The second-order valence-corrected chi connectivity index (χ2v) is 4.20. The molecule has 0 radical (unpaired) electrons.